The number of ether oxygens (including phenoxy) is 2. The first kappa shape index (κ1) is 15.6. The molecule has 5 nitrogen and oxygen atoms in total. The Labute approximate surface area is 114 Å². The molecule has 5 heteroatoms. The van der Waals surface area contributed by atoms with Gasteiger partial charge in [-0.3, -0.25) is 4.79 Å². The van der Waals surface area contributed by atoms with Crippen molar-refractivity contribution in [1.29, 1.82) is 0 Å². The van der Waals surface area contributed by atoms with E-state index in [1.54, 1.807) is 0 Å². The van der Waals surface area contributed by atoms with E-state index in [-0.39, 0.29) is 18.6 Å². The Morgan fingerprint density at radius 3 is 2.79 bits per heavy atom. The molecule has 0 heterocycles. The first-order chi connectivity index (χ1) is 9.02. The first-order valence-electron chi connectivity index (χ1n) is 6.29. The number of nitrogens with one attached hydrogen (secondary N) is 1. The second-order valence-corrected chi connectivity index (χ2v) is 4.61. The summed E-state index contributed by atoms with van der Waals surface area (Å²) in [5, 5.41) is 2.76. The summed E-state index contributed by atoms with van der Waals surface area (Å²) < 4.78 is 10.4. The van der Waals surface area contributed by atoms with Crippen LogP contribution in [-0.4, -0.2) is 31.8 Å². The third-order valence-corrected chi connectivity index (χ3v) is 2.46. The van der Waals surface area contributed by atoms with Crippen LogP contribution < -0.4 is 11.1 Å². The summed E-state index contributed by atoms with van der Waals surface area (Å²) in [6, 6.07) is 6.85. The van der Waals surface area contributed by atoms with Crippen LogP contribution in [-0.2, 0) is 20.9 Å². The van der Waals surface area contributed by atoms with E-state index >= 15 is 0 Å². The highest BCUT2D eigenvalue weighted by Gasteiger charge is 2.13. The summed E-state index contributed by atoms with van der Waals surface area (Å²) >= 11 is 0. The number of rotatable bonds is 7. The number of methoxy groups -OCH3 is 1. The Hall–Kier alpha value is -1.43. The molecule has 3 N–H and O–H groups in total. The van der Waals surface area contributed by atoms with Crippen molar-refractivity contribution in [2.75, 3.05) is 19.0 Å². The molecule has 106 valence electrons. The van der Waals surface area contributed by atoms with Crippen molar-refractivity contribution in [1.82, 2.24) is 0 Å². The monoisotopic (exact) mass is 266 g/mol. The fourth-order valence-electron chi connectivity index (χ4n) is 1.49. The minimum atomic E-state index is -0.666. The number of hydrogen-bond donors (Lipinski definition) is 2. The molecule has 0 aliphatic rings. The Morgan fingerprint density at radius 2 is 2.16 bits per heavy atom. The van der Waals surface area contributed by atoms with Crippen LogP contribution in [0.1, 0.15) is 19.4 Å². The predicted octanol–water partition coefficient (Wildman–Crippen LogP) is 1.52. The highest BCUT2D eigenvalue weighted by molar-refractivity contribution is 5.94. The van der Waals surface area contributed by atoms with Crippen molar-refractivity contribution < 1.29 is 14.3 Å². The second-order valence-electron chi connectivity index (χ2n) is 4.61. The topological polar surface area (TPSA) is 73.6 Å². The van der Waals surface area contributed by atoms with Crippen LogP contribution in [0, 0.1) is 0 Å². The highest BCUT2D eigenvalue weighted by atomic mass is 16.5. The molecule has 1 atom stereocenters. The number of anilines is 1. The van der Waals surface area contributed by atoms with Gasteiger partial charge in [0, 0.05) is 12.8 Å². The van der Waals surface area contributed by atoms with Crippen molar-refractivity contribution in [2.24, 2.45) is 5.73 Å². The summed E-state index contributed by atoms with van der Waals surface area (Å²) in [5.74, 6) is -0.260. The summed E-state index contributed by atoms with van der Waals surface area (Å²) in [5.41, 5.74) is 7.37. The van der Waals surface area contributed by atoms with Gasteiger partial charge in [0.1, 0.15) is 6.04 Å². The Morgan fingerprint density at radius 1 is 1.42 bits per heavy atom. The molecule has 0 radical (unpaired) electrons. The molecule has 0 aromatic heterocycles. The molecule has 19 heavy (non-hydrogen) atoms. The third kappa shape index (κ3) is 5.83. The molecule has 0 bridgehead atoms. The van der Waals surface area contributed by atoms with Crippen LogP contribution >= 0.6 is 0 Å². The lowest BCUT2D eigenvalue weighted by Crippen LogP contribution is -2.39. The van der Waals surface area contributed by atoms with E-state index < -0.39 is 6.04 Å². The maximum absolute atomic E-state index is 11.7. The predicted molar refractivity (Wildman–Crippen MR) is 74.8 cm³/mol. The molecule has 1 aromatic carbocycles. The Kier molecular flexibility index (Phi) is 6.49. The van der Waals surface area contributed by atoms with E-state index in [4.69, 9.17) is 15.2 Å². The highest BCUT2D eigenvalue weighted by Crippen LogP contribution is 2.12. The fraction of sp³-hybridized carbons (Fsp3) is 0.500. The van der Waals surface area contributed by atoms with Gasteiger partial charge >= 0.3 is 0 Å². The number of hydrogen-bond acceptors (Lipinski definition) is 4. The van der Waals surface area contributed by atoms with Crippen molar-refractivity contribution in [3.8, 4) is 0 Å². The van der Waals surface area contributed by atoms with E-state index in [1.807, 2.05) is 38.1 Å². The van der Waals surface area contributed by atoms with Crippen LogP contribution in [0.2, 0.25) is 0 Å². The maximum Gasteiger partial charge on any atom is 0.243 e. The molecule has 0 aliphatic heterocycles. The van der Waals surface area contributed by atoms with Crippen LogP contribution in [0.4, 0.5) is 5.69 Å². The van der Waals surface area contributed by atoms with Crippen LogP contribution in [0.15, 0.2) is 24.3 Å². The van der Waals surface area contributed by atoms with Crippen molar-refractivity contribution in [2.45, 2.75) is 32.6 Å². The van der Waals surface area contributed by atoms with Gasteiger partial charge in [-0.25, -0.2) is 0 Å². The summed E-state index contributed by atoms with van der Waals surface area (Å²) in [4.78, 5) is 11.7. The van der Waals surface area contributed by atoms with Gasteiger partial charge in [-0.05, 0) is 31.5 Å². The van der Waals surface area contributed by atoms with E-state index in [0.717, 1.165) is 5.56 Å². The minimum absolute atomic E-state index is 0.174. The largest absolute Gasteiger partial charge is 0.383 e. The minimum Gasteiger partial charge on any atom is -0.383 e. The average Bonchev–Trinajstić information content (AvgIpc) is 2.37. The first-order valence-corrected chi connectivity index (χ1v) is 6.29. The molecule has 0 aliphatic carbocycles. The van der Waals surface area contributed by atoms with Crippen LogP contribution in [0.3, 0.4) is 0 Å². The standard InChI is InChI=1S/C14H22N2O3/c1-10(2)19-8-11-5-4-6-12(7-11)16-14(17)13(15)9-18-3/h4-7,10,13H,8-9,15H2,1-3H3,(H,16,17). The Bertz CT molecular complexity index is 407. The lowest BCUT2D eigenvalue weighted by Gasteiger charge is -2.12. The zero-order chi connectivity index (χ0) is 14.3. The lowest BCUT2D eigenvalue weighted by atomic mass is 10.2. The fourth-order valence-corrected chi connectivity index (χ4v) is 1.49. The Balaban J connectivity index is 2.59. The molecule has 1 rings (SSSR count). The summed E-state index contributed by atoms with van der Waals surface area (Å²) in [7, 11) is 1.51. The number of carbonyl (C=O) groups excluding carboxylic acids is 1. The van der Waals surface area contributed by atoms with Gasteiger partial charge in [-0.15, -0.1) is 0 Å². The summed E-state index contributed by atoms with van der Waals surface area (Å²) in [6.45, 7) is 4.68. The van der Waals surface area contributed by atoms with E-state index in [2.05, 4.69) is 5.32 Å². The quantitative estimate of drug-likeness (QED) is 0.785. The van der Waals surface area contributed by atoms with Crippen molar-refractivity contribution in [3.05, 3.63) is 29.8 Å². The van der Waals surface area contributed by atoms with Gasteiger partial charge in [-0.2, -0.15) is 0 Å². The van der Waals surface area contributed by atoms with E-state index in [0.29, 0.717) is 12.3 Å². The normalized spacial score (nSPS) is 12.5. The van der Waals surface area contributed by atoms with Crippen molar-refractivity contribution >= 4 is 11.6 Å². The lowest BCUT2D eigenvalue weighted by molar-refractivity contribution is -0.118. The van der Waals surface area contributed by atoms with E-state index in [1.165, 1.54) is 7.11 Å². The molecule has 1 unspecified atom stereocenters. The molecule has 0 saturated carbocycles. The SMILES string of the molecule is COCC(N)C(=O)Nc1cccc(COC(C)C)c1. The number of benzene rings is 1. The van der Waals surface area contributed by atoms with Gasteiger partial charge in [0.05, 0.1) is 19.3 Å². The number of nitrogens with two attached hydrogens (primary N) is 1. The third-order valence-electron chi connectivity index (χ3n) is 2.46. The zero-order valence-electron chi connectivity index (χ0n) is 11.7. The van der Waals surface area contributed by atoms with Crippen molar-refractivity contribution in [3.63, 3.8) is 0 Å². The molecule has 0 spiro atoms. The second kappa shape index (κ2) is 7.89. The average molecular weight is 266 g/mol. The molecular weight excluding hydrogens is 244 g/mol. The smallest absolute Gasteiger partial charge is 0.243 e. The van der Waals surface area contributed by atoms with Gasteiger partial charge in [0.2, 0.25) is 5.91 Å². The van der Waals surface area contributed by atoms with Crippen LogP contribution in [0.25, 0.3) is 0 Å². The van der Waals surface area contributed by atoms with Gasteiger partial charge in [0.25, 0.3) is 0 Å². The molecule has 0 saturated heterocycles. The number of amides is 1. The van der Waals surface area contributed by atoms with Gasteiger partial charge in [-0.1, -0.05) is 12.1 Å². The summed E-state index contributed by atoms with van der Waals surface area (Å²) in [6.07, 6.45) is 0.174. The molecule has 1 aromatic rings. The zero-order valence-corrected chi connectivity index (χ0v) is 11.7. The maximum atomic E-state index is 11.7. The van der Waals surface area contributed by atoms with Gasteiger partial charge < -0.3 is 20.5 Å². The molecular formula is C14H22N2O3. The van der Waals surface area contributed by atoms with Crippen LogP contribution in [0.5, 0.6) is 0 Å². The molecule has 1 amide bonds. The van der Waals surface area contributed by atoms with E-state index in [9.17, 15) is 4.79 Å². The van der Waals surface area contributed by atoms with Gasteiger partial charge in [0.15, 0.2) is 0 Å². The number of carbonyl (C=O) groups is 1. The molecule has 0 fully saturated rings.